The predicted octanol–water partition coefficient (Wildman–Crippen LogP) is 3.11. The third-order valence-electron chi connectivity index (χ3n) is 6.10. The molecule has 25 heavy (non-hydrogen) atoms. The highest BCUT2D eigenvalue weighted by Gasteiger charge is 2.49. The van der Waals surface area contributed by atoms with Gasteiger partial charge in [0, 0.05) is 43.6 Å². The van der Waals surface area contributed by atoms with Crippen molar-refractivity contribution in [2.24, 2.45) is 5.41 Å². The van der Waals surface area contributed by atoms with Gasteiger partial charge in [0.2, 0.25) is 11.8 Å². The topological polar surface area (TPSA) is 51.7 Å². The van der Waals surface area contributed by atoms with E-state index in [9.17, 15) is 4.79 Å². The van der Waals surface area contributed by atoms with E-state index in [0.717, 1.165) is 63.8 Å². The van der Waals surface area contributed by atoms with Crippen molar-refractivity contribution in [3.8, 4) is 5.88 Å². The van der Waals surface area contributed by atoms with Crippen molar-refractivity contribution in [1.82, 2.24) is 9.88 Å². The minimum Gasteiger partial charge on any atom is -0.474 e. The van der Waals surface area contributed by atoms with Gasteiger partial charge in [-0.1, -0.05) is 6.92 Å². The molecule has 136 valence electrons. The van der Waals surface area contributed by atoms with Crippen LogP contribution in [0.4, 0.5) is 0 Å². The van der Waals surface area contributed by atoms with Crippen LogP contribution >= 0.6 is 0 Å². The molecule has 0 radical (unpaired) electrons. The lowest BCUT2D eigenvalue weighted by atomic mass is 9.83. The van der Waals surface area contributed by atoms with Gasteiger partial charge in [0.05, 0.1) is 12.2 Å². The molecule has 1 spiro atoms. The Morgan fingerprint density at radius 3 is 2.76 bits per heavy atom. The molecule has 3 fully saturated rings. The Hall–Kier alpha value is -1.62. The van der Waals surface area contributed by atoms with E-state index in [-0.39, 0.29) is 17.1 Å². The molecule has 1 amide bonds. The first-order valence-corrected chi connectivity index (χ1v) is 9.51. The van der Waals surface area contributed by atoms with Crippen LogP contribution in [0.5, 0.6) is 5.88 Å². The monoisotopic (exact) mass is 344 g/mol. The number of aryl methyl sites for hydroxylation is 1. The van der Waals surface area contributed by atoms with E-state index < -0.39 is 0 Å². The molecule has 1 aromatic heterocycles. The number of amides is 1. The Bertz CT molecular complexity index is 648. The first-order valence-electron chi connectivity index (χ1n) is 9.51. The molecule has 3 heterocycles. The van der Waals surface area contributed by atoms with Crippen molar-refractivity contribution in [3.05, 3.63) is 23.9 Å². The summed E-state index contributed by atoms with van der Waals surface area (Å²) in [6.07, 6.45) is 7.65. The molecule has 5 heteroatoms. The Balaban J connectivity index is 1.36. The lowest BCUT2D eigenvalue weighted by Crippen LogP contribution is -2.53. The van der Waals surface area contributed by atoms with Crippen LogP contribution in [0.3, 0.4) is 0 Å². The first-order chi connectivity index (χ1) is 12.0. The third kappa shape index (κ3) is 3.52. The molecular weight excluding hydrogens is 316 g/mol. The van der Waals surface area contributed by atoms with Gasteiger partial charge >= 0.3 is 0 Å². The third-order valence-corrected chi connectivity index (χ3v) is 6.10. The highest BCUT2D eigenvalue weighted by atomic mass is 16.5. The smallest absolute Gasteiger partial charge is 0.228 e. The molecule has 1 atom stereocenters. The summed E-state index contributed by atoms with van der Waals surface area (Å²) in [6, 6.07) is 3.96. The van der Waals surface area contributed by atoms with Crippen LogP contribution in [0.2, 0.25) is 0 Å². The standard InChI is InChI=1S/C20H28N2O3/c1-15-3-9-21-17(13-15)25-16-4-12-24-20(14-16)7-10-22(11-8-20)18(23)19(2)5-6-19/h3,9,13,16H,4-8,10-12,14H2,1-2H3. The summed E-state index contributed by atoms with van der Waals surface area (Å²) in [6.45, 7) is 6.48. The fraction of sp³-hybridized carbons (Fsp3) is 0.700. The molecular formula is C20H28N2O3. The number of rotatable bonds is 3. The van der Waals surface area contributed by atoms with E-state index in [4.69, 9.17) is 9.47 Å². The second kappa shape index (κ2) is 6.27. The average molecular weight is 344 g/mol. The van der Waals surface area contributed by atoms with Crippen molar-refractivity contribution >= 4 is 5.91 Å². The molecule has 4 rings (SSSR count). The minimum atomic E-state index is -0.131. The summed E-state index contributed by atoms with van der Waals surface area (Å²) in [5.74, 6) is 1.05. The van der Waals surface area contributed by atoms with E-state index in [0.29, 0.717) is 11.8 Å². The Labute approximate surface area is 149 Å². The number of likely N-dealkylation sites (tertiary alicyclic amines) is 1. The van der Waals surface area contributed by atoms with Crippen LogP contribution in [0.25, 0.3) is 0 Å². The van der Waals surface area contributed by atoms with E-state index >= 15 is 0 Å². The van der Waals surface area contributed by atoms with Crippen LogP contribution in [0.15, 0.2) is 18.3 Å². The van der Waals surface area contributed by atoms with Crippen LogP contribution in [-0.2, 0) is 9.53 Å². The summed E-state index contributed by atoms with van der Waals surface area (Å²) >= 11 is 0. The number of piperidine rings is 1. The summed E-state index contributed by atoms with van der Waals surface area (Å²) < 4.78 is 12.3. The van der Waals surface area contributed by atoms with Gasteiger partial charge in [-0.05, 0) is 44.2 Å². The fourth-order valence-corrected chi connectivity index (χ4v) is 4.08. The molecule has 1 aliphatic carbocycles. The normalized spacial score (nSPS) is 27.1. The molecule has 1 aromatic rings. The molecule has 3 aliphatic rings. The van der Waals surface area contributed by atoms with Crippen LogP contribution in [0, 0.1) is 12.3 Å². The molecule has 2 saturated heterocycles. The Morgan fingerprint density at radius 2 is 2.08 bits per heavy atom. The number of hydrogen-bond donors (Lipinski definition) is 0. The zero-order chi connectivity index (χ0) is 17.5. The number of carbonyl (C=O) groups is 1. The predicted molar refractivity (Wildman–Crippen MR) is 94.5 cm³/mol. The molecule has 0 bridgehead atoms. The molecule has 1 saturated carbocycles. The maximum atomic E-state index is 12.5. The van der Waals surface area contributed by atoms with Crippen molar-refractivity contribution in [2.75, 3.05) is 19.7 Å². The number of ether oxygens (including phenoxy) is 2. The van der Waals surface area contributed by atoms with Crippen molar-refractivity contribution in [1.29, 1.82) is 0 Å². The minimum absolute atomic E-state index is 0.0690. The van der Waals surface area contributed by atoms with Gasteiger partial charge in [-0.2, -0.15) is 0 Å². The van der Waals surface area contributed by atoms with Gasteiger partial charge in [0.25, 0.3) is 0 Å². The molecule has 2 aliphatic heterocycles. The Morgan fingerprint density at radius 1 is 1.32 bits per heavy atom. The summed E-state index contributed by atoms with van der Waals surface area (Å²) in [5, 5.41) is 0. The number of aromatic nitrogens is 1. The number of nitrogens with zero attached hydrogens (tertiary/aromatic N) is 2. The van der Waals surface area contributed by atoms with Gasteiger partial charge in [-0.3, -0.25) is 4.79 Å². The zero-order valence-corrected chi connectivity index (χ0v) is 15.3. The maximum Gasteiger partial charge on any atom is 0.228 e. The van der Waals surface area contributed by atoms with Crippen molar-refractivity contribution < 1.29 is 14.3 Å². The van der Waals surface area contributed by atoms with E-state index in [1.807, 2.05) is 24.0 Å². The second-order valence-electron chi connectivity index (χ2n) is 8.29. The van der Waals surface area contributed by atoms with Gasteiger partial charge < -0.3 is 14.4 Å². The van der Waals surface area contributed by atoms with E-state index in [1.54, 1.807) is 6.20 Å². The van der Waals surface area contributed by atoms with Crippen molar-refractivity contribution in [3.63, 3.8) is 0 Å². The number of carbonyl (C=O) groups excluding carboxylic acids is 1. The lowest BCUT2D eigenvalue weighted by Gasteiger charge is -2.46. The highest BCUT2D eigenvalue weighted by molar-refractivity contribution is 5.85. The SMILES string of the molecule is Cc1ccnc(OC2CCOC3(CCN(C(=O)C4(C)CC4)CC3)C2)c1. The molecule has 5 nitrogen and oxygen atoms in total. The van der Waals surface area contributed by atoms with Gasteiger partial charge in [-0.25, -0.2) is 4.98 Å². The van der Waals surface area contributed by atoms with E-state index in [1.165, 1.54) is 0 Å². The largest absolute Gasteiger partial charge is 0.474 e. The van der Waals surface area contributed by atoms with Crippen LogP contribution < -0.4 is 4.74 Å². The highest BCUT2D eigenvalue weighted by Crippen LogP contribution is 2.47. The summed E-state index contributed by atoms with van der Waals surface area (Å²) in [5.41, 5.74) is 0.959. The summed E-state index contributed by atoms with van der Waals surface area (Å²) in [7, 11) is 0. The maximum absolute atomic E-state index is 12.5. The average Bonchev–Trinajstić information content (AvgIpc) is 3.34. The molecule has 0 N–H and O–H groups in total. The second-order valence-corrected chi connectivity index (χ2v) is 8.29. The first kappa shape index (κ1) is 16.8. The quantitative estimate of drug-likeness (QED) is 0.845. The van der Waals surface area contributed by atoms with E-state index in [2.05, 4.69) is 11.9 Å². The molecule has 1 unspecified atom stereocenters. The number of hydrogen-bond acceptors (Lipinski definition) is 4. The van der Waals surface area contributed by atoms with Gasteiger partial charge in [-0.15, -0.1) is 0 Å². The summed E-state index contributed by atoms with van der Waals surface area (Å²) in [4.78, 5) is 18.9. The van der Waals surface area contributed by atoms with Gasteiger partial charge in [0.15, 0.2) is 0 Å². The van der Waals surface area contributed by atoms with Crippen molar-refractivity contribution in [2.45, 2.75) is 64.1 Å². The lowest BCUT2D eigenvalue weighted by molar-refractivity contribution is -0.154. The number of pyridine rings is 1. The van der Waals surface area contributed by atoms with Crippen LogP contribution in [-0.4, -0.2) is 47.2 Å². The zero-order valence-electron chi connectivity index (χ0n) is 15.3. The van der Waals surface area contributed by atoms with Gasteiger partial charge in [0.1, 0.15) is 6.10 Å². The Kier molecular flexibility index (Phi) is 4.22. The van der Waals surface area contributed by atoms with Crippen LogP contribution in [0.1, 0.15) is 51.0 Å². The molecule has 0 aromatic carbocycles. The fourth-order valence-electron chi connectivity index (χ4n) is 4.08.